The van der Waals surface area contributed by atoms with Crippen molar-refractivity contribution in [3.63, 3.8) is 0 Å². The molecule has 1 unspecified atom stereocenters. The van der Waals surface area contributed by atoms with E-state index in [4.69, 9.17) is 4.74 Å². The first kappa shape index (κ1) is 24.3. The van der Waals surface area contributed by atoms with Gasteiger partial charge in [0.05, 0.1) is 18.2 Å². The molecule has 1 atom stereocenters. The summed E-state index contributed by atoms with van der Waals surface area (Å²) in [5.74, 6) is -0.435. The van der Waals surface area contributed by atoms with Crippen LogP contribution in [-0.2, 0) is 9.59 Å². The van der Waals surface area contributed by atoms with Gasteiger partial charge in [0.1, 0.15) is 11.5 Å². The van der Waals surface area contributed by atoms with Gasteiger partial charge in [0.2, 0.25) is 0 Å². The van der Waals surface area contributed by atoms with Gasteiger partial charge in [-0.1, -0.05) is 50.2 Å². The van der Waals surface area contributed by atoms with Gasteiger partial charge in [0.25, 0.3) is 11.7 Å². The lowest BCUT2D eigenvalue weighted by Crippen LogP contribution is -2.29. The maximum atomic E-state index is 13.4. The molecule has 35 heavy (non-hydrogen) atoms. The van der Waals surface area contributed by atoms with Crippen molar-refractivity contribution in [3.05, 3.63) is 100 Å². The summed E-state index contributed by atoms with van der Waals surface area (Å²) < 4.78 is 5.86. The Morgan fingerprint density at radius 2 is 1.60 bits per heavy atom. The molecule has 5 heteroatoms. The summed E-state index contributed by atoms with van der Waals surface area (Å²) in [6, 6.07) is 19.7. The minimum absolute atomic E-state index is 0.0793. The van der Waals surface area contributed by atoms with Gasteiger partial charge in [0.15, 0.2) is 0 Å². The Balaban J connectivity index is 1.85. The zero-order valence-corrected chi connectivity index (χ0v) is 20.8. The van der Waals surface area contributed by atoms with Crippen LogP contribution in [0.1, 0.15) is 47.7 Å². The average Bonchev–Trinajstić information content (AvgIpc) is 3.08. The summed E-state index contributed by atoms with van der Waals surface area (Å²) in [6.07, 6.45) is 0. The number of ether oxygens (including phenoxy) is 1. The molecule has 3 aromatic rings. The zero-order valence-electron chi connectivity index (χ0n) is 20.8. The van der Waals surface area contributed by atoms with E-state index in [1.807, 2.05) is 69.3 Å². The highest BCUT2D eigenvalue weighted by Crippen LogP contribution is 2.42. The number of carbonyl (C=O) groups is 2. The largest absolute Gasteiger partial charge is 0.507 e. The quantitative estimate of drug-likeness (QED) is 0.262. The second kappa shape index (κ2) is 9.79. The van der Waals surface area contributed by atoms with Crippen molar-refractivity contribution in [3.8, 4) is 5.75 Å². The molecule has 0 radical (unpaired) electrons. The molecule has 1 fully saturated rings. The van der Waals surface area contributed by atoms with Crippen LogP contribution in [-0.4, -0.2) is 23.4 Å². The van der Waals surface area contributed by atoms with Gasteiger partial charge in [0, 0.05) is 11.3 Å². The molecular weight excluding hydrogens is 438 g/mol. The number of rotatable bonds is 6. The van der Waals surface area contributed by atoms with Crippen molar-refractivity contribution in [2.24, 2.45) is 5.92 Å². The van der Waals surface area contributed by atoms with Gasteiger partial charge in [-0.05, 0) is 79.3 Å². The Bertz CT molecular complexity index is 1290. The lowest BCUT2D eigenvalue weighted by Gasteiger charge is -2.26. The van der Waals surface area contributed by atoms with Gasteiger partial charge in [-0.25, -0.2) is 0 Å². The molecule has 1 amide bonds. The highest BCUT2D eigenvalue weighted by atomic mass is 16.5. The van der Waals surface area contributed by atoms with Gasteiger partial charge in [-0.15, -0.1) is 0 Å². The minimum Gasteiger partial charge on any atom is -0.507 e. The highest BCUT2D eigenvalue weighted by molar-refractivity contribution is 6.51. The predicted molar refractivity (Wildman–Crippen MR) is 139 cm³/mol. The fraction of sp³-hybridized carbons (Fsp3) is 0.267. The molecule has 1 saturated heterocycles. The van der Waals surface area contributed by atoms with Gasteiger partial charge >= 0.3 is 0 Å². The van der Waals surface area contributed by atoms with Crippen LogP contribution >= 0.6 is 0 Å². The van der Waals surface area contributed by atoms with E-state index in [0.29, 0.717) is 23.8 Å². The molecule has 1 aliphatic rings. The van der Waals surface area contributed by atoms with E-state index in [2.05, 4.69) is 13.8 Å². The Labute approximate surface area is 206 Å². The number of nitrogens with zero attached hydrogens (tertiary/aromatic N) is 1. The van der Waals surface area contributed by atoms with Gasteiger partial charge in [-0.2, -0.15) is 0 Å². The summed E-state index contributed by atoms with van der Waals surface area (Å²) in [5, 5.41) is 11.4. The number of aliphatic hydroxyl groups excluding tert-OH is 1. The number of hydrogen-bond acceptors (Lipinski definition) is 4. The monoisotopic (exact) mass is 469 g/mol. The molecule has 1 heterocycles. The van der Waals surface area contributed by atoms with E-state index in [1.54, 1.807) is 18.2 Å². The number of anilines is 1. The molecule has 4 rings (SSSR count). The molecule has 1 N–H and O–H groups in total. The molecule has 0 aromatic heterocycles. The second-order valence-corrected chi connectivity index (χ2v) is 9.61. The fourth-order valence-corrected chi connectivity index (χ4v) is 4.51. The van der Waals surface area contributed by atoms with E-state index >= 15 is 0 Å². The maximum absolute atomic E-state index is 13.4. The van der Waals surface area contributed by atoms with Crippen LogP contribution in [0.4, 0.5) is 5.69 Å². The van der Waals surface area contributed by atoms with E-state index < -0.39 is 17.7 Å². The molecule has 3 aromatic carbocycles. The maximum Gasteiger partial charge on any atom is 0.300 e. The molecule has 0 aliphatic carbocycles. The van der Waals surface area contributed by atoms with Crippen molar-refractivity contribution in [1.29, 1.82) is 0 Å². The summed E-state index contributed by atoms with van der Waals surface area (Å²) in [6.45, 7) is 10.5. The number of aliphatic hydroxyl groups is 1. The number of amides is 1. The van der Waals surface area contributed by atoms with Crippen LogP contribution in [0.25, 0.3) is 5.76 Å². The number of Topliss-reactive ketones (excluding diaryl/α,β-unsaturated/α-hetero) is 1. The van der Waals surface area contributed by atoms with Crippen LogP contribution in [0.3, 0.4) is 0 Å². The van der Waals surface area contributed by atoms with E-state index in [1.165, 1.54) is 4.90 Å². The molecule has 0 spiro atoms. The summed E-state index contributed by atoms with van der Waals surface area (Å²) in [7, 11) is 0. The van der Waals surface area contributed by atoms with E-state index in [-0.39, 0.29) is 11.3 Å². The first-order valence-electron chi connectivity index (χ1n) is 11.9. The molecule has 5 nitrogen and oxygen atoms in total. The van der Waals surface area contributed by atoms with Gasteiger partial charge < -0.3 is 9.84 Å². The lowest BCUT2D eigenvalue weighted by atomic mass is 9.94. The first-order valence-corrected chi connectivity index (χ1v) is 11.9. The average molecular weight is 470 g/mol. The van der Waals surface area contributed by atoms with Crippen LogP contribution in [0.2, 0.25) is 0 Å². The SMILES string of the molecule is Cc1cc(C)cc(N2C(=O)C(=O)/C(=C(\O)c3ccc(OCC(C)C)c(C)c3)C2c2ccccc2)c1. The lowest BCUT2D eigenvalue weighted by molar-refractivity contribution is -0.132. The third kappa shape index (κ3) is 4.85. The molecule has 0 saturated carbocycles. The van der Waals surface area contributed by atoms with Crippen molar-refractivity contribution < 1.29 is 19.4 Å². The minimum atomic E-state index is -0.741. The smallest absolute Gasteiger partial charge is 0.300 e. The number of benzene rings is 3. The van der Waals surface area contributed by atoms with Gasteiger partial charge in [-0.3, -0.25) is 14.5 Å². The predicted octanol–water partition coefficient (Wildman–Crippen LogP) is 6.27. The molecule has 0 bridgehead atoms. The Kier molecular flexibility index (Phi) is 6.79. The second-order valence-electron chi connectivity index (χ2n) is 9.61. The summed E-state index contributed by atoms with van der Waals surface area (Å²) in [5.41, 5.74) is 4.75. The molecule has 180 valence electrons. The molecular formula is C30H31NO4. The van der Waals surface area contributed by atoms with Crippen molar-refractivity contribution >= 4 is 23.1 Å². The van der Waals surface area contributed by atoms with Crippen molar-refractivity contribution in [2.45, 2.75) is 40.7 Å². The Morgan fingerprint density at radius 3 is 2.20 bits per heavy atom. The number of ketones is 1. The number of aryl methyl sites for hydroxylation is 3. The number of carbonyl (C=O) groups excluding carboxylic acids is 2. The zero-order chi connectivity index (χ0) is 25.3. The van der Waals surface area contributed by atoms with Crippen LogP contribution in [0.15, 0.2) is 72.3 Å². The normalized spacial score (nSPS) is 17.3. The van der Waals surface area contributed by atoms with Crippen molar-refractivity contribution in [1.82, 2.24) is 0 Å². The Hall–Kier alpha value is -3.86. The third-order valence-corrected chi connectivity index (χ3v) is 6.06. The molecule has 1 aliphatic heterocycles. The standard InChI is InChI=1S/C30H31NO4/c1-18(2)17-35-25-12-11-23(16-21(25)5)28(32)26-27(22-9-7-6-8-10-22)31(30(34)29(26)33)24-14-19(3)13-20(4)15-24/h6-16,18,27,32H,17H2,1-5H3/b28-26-. The fourth-order valence-electron chi connectivity index (χ4n) is 4.51. The highest BCUT2D eigenvalue weighted by Gasteiger charge is 2.47. The third-order valence-electron chi connectivity index (χ3n) is 6.06. The topological polar surface area (TPSA) is 66.8 Å². The van der Waals surface area contributed by atoms with E-state index in [0.717, 1.165) is 28.0 Å². The van der Waals surface area contributed by atoms with Crippen LogP contribution in [0.5, 0.6) is 5.75 Å². The first-order chi connectivity index (χ1) is 16.7. The van der Waals surface area contributed by atoms with E-state index in [9.17, 15) is 14.7 Å². The van der Waals surface area contributed by atoms with Crippen molar-refractivity contribution in [2.75, 3.05) is 11.5 Å². The number of hydrogen-bond donors (Lipinski definition) is 1. The van der Waals surface area contributed by atoms with Crippen LogP contribution in [0, 0.1) is 26.7 Å². The summed E-state index contributed by atoms with van der Waals surface area (Å²) in [4.78, 5) is 28.2. The summed E-state index contributed by atoms with van der Waals surface area (Å²) >= 11 is 0. The Morgan fingerprint density at radius 1 is 0.943 bits per heavy atom. The van der Waals surface area contributed by atoms with Crippen LogP contribution < -0.4 is 9.64 Å².